The van der Waals surface area contributed by atoms with Crippen LogP contribution in [0, 0.1) is 6.92 Å². The highest BCUT2D eigenvalue weighted by molar-refractivity contribution is 7.08. The van der Waals surface area contributed by atoms with Gasteiger partial charge in [-0.2, -0.15) is 11.3 Å². The Kier molecular flexibility index (Phi) is 2.73. The highest BCUT2D eigenvalue weighted by atomic mass is 32.1. The molecule has 0 aliphatic rings. The summed E-state index contributed by atoms with van der Waals surface area (Å²) in [4.78, 5) is 0. The molecule has 18 heavy (non-hydrogen) atoms. The van der Waals surface area contributed by atoms with Crippen LogP contribution in [0.3, 0.4) is 0 Å². The fraction of sp³-hybridized carbons (Fsp3) is 0.200. The number of para-hydroxylation sites is 1. The number of hydrogen-bond acceptors (Lipinski definition) is 2. The van der Waals surface area contributed by atoms with Crippen molar-refractivity contribution in [3.05, 3.63) is 46.3 Å². The maximum Gasteiger partial charge on any atom is 0.0486 e. The zero-order valence-electron chi connectivity index (χ0n) is 10.6. The molecular formula is C15H16N2S. The summed E-state index contributed by atoms with van der Waals surface area (Å²) in [6.07, 6.45) is 0. The third kappa shape index (κ3) is 1.51. The zero-order valence-corrected chi connectivity index (χ0v) is 11.4. The first-order valence-electron chi connectivity index (χ1n) is 6.03. The molecule has 92 valence electrons. The Balaban J connectivity index is 2.39. The first-order chi connectivity index (χ1) is 8.74. The van der Waals surface area contributed by atoms with Crippen molar-refractivity contribution in [3.8, 4) is 11.1 Å². The molecule has 3 rings (SSSR count). The molecule has 3 aromatic rings. The number of nitrogens with two attached hydrogens (primary N) is 1. The lowest BCUT2D eigenvalue weighted by molar-refractivity contribution is 0.919. The van der Waals surface area contributed by atoms with E-state index in [1.54, 1.807) is 11.3 Å². The van der Waals surface area contributed by atoms with Crippen LogP contribution in [0.1, 0.15) is 11.3 Å². The number of aryl methyl sites for hydroxylation is 1. The monoisotopic (exact) mass is 256 g/mol. The maximum atomic E-state index is 5.83. The first-order valence-corrected chi connectivity index (χ1v) is 6.98. The predicted molar refractivity (Wildman–Crippen MR) is 78.9 cm³/mol. The van der Waals surface area contributed by atoms with Crippen molar-refractivity contribution in [1.29, 1.82) is 0 Å². The largest absolute Gasteiger partial charge is 0.347 e. The second kappa shape index (κ2) is 4.26. The molecule has 0 saturated heterocycles. The van der Waals surface area contributed by atoms with Gasteiger partial charge in [0.2, 0.25) is 0 Å². The van der Waals surface area contributed by atoms with Crippen LogP contribution in [-0.2, 0) is 13.6 Å². The van der Waals surface area contributed by atoms with Crippen LogP contribution in [0.15, 0.2) is 35.0 Å². The molecule has 0 aliphatic carbocycles. The van der Waals surface area contributed by atoms with Crippen molar-refractivity contribution in [2.75, 3.05) is 0 Å². The summed E-state index contributed by atoms with van der Waals surface area (Å²) in [6, 6.07) is 8.54. The Morgan fingerprint density at radius 1 is 1.22 bits per heavy atom. The van der Waals surface area contributed by atoms with E-state index >= 15 is 0 Å². The van der Waals surface area contributed by atoms with Crippen molar-refractivity contribution < 1.29 is 0 Å². The Labute approximate surface area is 111 Å². The standard InChI is InChI=1S/C15H16N2S/c1-10-15(13-9-18-8-11(13)7-16)12-5-3-4-6-14(12)17(10)2/h3-6,8-9H,7,16H2,1-2H3. The summed E-state index contributed by atoms with van der Waals surface area (Å²) in [5.74, 6) is 0. The van der Waals surface area contributed by atoms with E-state index in [1.807, 2.05) is 0 Å². The highest BCUT2D eigenvalue weighted by Gasteiger charge is 2.15. The van der Waals surface area contributed by atoms with Crippen LogP contribution in [0.4, 0.5) is 0 Å². The molecule has 1 aromatic carbocycles. The van der Waals surface area contributed by atoms with Gasteiger partial charge in [0, 0.05) is 35.8 Å². The smallest absolute Gasteiger partial charge is 0.0486 e. The number of hydrogen-bond donors (Lipinski definition) is 1. The summed E-state index contributed by atoms with van der Waals surface area (Å²) in [6.45, 7) is 2.77. The lowest BCUT2D eigenvalue weighted by Gasteiger charge is -2.03. The normalized spacial score (nSPS) is 11.3. The fourth-order valence-electron chi connectivity index (χ4n) is 2.56. The van der Waals surface area contributed by atoms with E-state index in [-0.39, 0.29) is 0 Å². The molecule has 2 N–H and O–H groups in total. The average Bonchev–Trinajstić information content (AvgIpc) is 2.95. The molecule has 2 heterocycles. The molecule has 0 unspecified atom stereocenters. The molecule has 0 radical (unpaired) electrons. The molecule has 0 fully saturated rings. The lowest BCUT2D eigenvalue weighted by Crippen LogP contribution is -1.96. The lowest BCUT2D eigenvalue weighted by atomic mass is 10.0. The SMILES string of the molecule is Cc1c(-c2cscc2CN)c2ccccc2n1C. The van der Waals surface area contributed by atoms with E-state index in [0.29, 0.717) is 6.54 Å². The van der Waals surface area contributed by atoms with E-state index in [9.17, 15) is 0 Å². The average molecular weight is 256 g/mol. The Hall–Kier alpha value is -1.58. The van der Waals surface area contributed by atoms with Crippen molar-refractivity contribution in [3.63, 3.8) is 0 Å². The van der Waals surface area contributed by atoms with Gasteiger partial charge in [0.25, 0.3) is 0 Å². The Morgan fingerprint density at radius 3 is 2.78 bits per heavy atom. The maximum absolute atomic E-state index is 5.83. The summed E-state index contributed by atoms with van der Waals surface area (Å²) in [7, 11) is 2.12. The van der Waals surface area contributed by atoms with Gasteiger partial charge in [0.1, 0.15) is 0 Å². The summed E-state index contributed by atoms with van der Waals surface area (Å²) in [5.41, 5.74) is 12.3. The topological polar surface area (TPSA) is 30.9 Å². The fourth-order valence-corrected chi connectivity index (χ4v) is 3.42. The minimum absolute atomic E-state index is 0.599. The van der Waals surface area contributed by atoms with E-state index in [1.165, 1.54) is 33.3 Å². The second-order valence-corrected chi connectivity index (χ2v) is 5.29. The Bertz CT molecular complexity index is 706. The second-order valence-electron chi connectivity index (χ2n) is 4.55. The van der Waals surface area contributed by atoms with Crippen molar-refractivity contribution in [2.45, 2.75) is 13.5 Å². The quantitative estimate of drug-likeness (QED) is 0.745. The van der Waals surface area contributed by atoms with Crippen LogP contribution in [0.5, 0.6) is 0 Å². The van der Waals surface area contributed by atoms with Crippen LogP contribution >= 0.6 is 11.3 Å². The molecule has 0 atom stereocenters. The van der Waals surface area contributed by atoms with E-state index in [2.05, 4.69) is 53.6 Å². The Morgan fingerprint density at radius 2 is 2.00 bits per heavy atom. The van der Waals surface area contributed by atoms with Crippen LogP contribution < -0.4 is 5.73 Å². The van der Waals surface area contributed by atoms with Gasteiger partial charge in [-0.1, -0.05) is 18.2 Å². The van der Waals surface area contributed by atoms with Crippen molar-refractivity contribution in [2.24, 2.45) is 12.8 Å². The van der Waals surface area contributed by atoms with Gasteiger partial charge < -0.3 is 10.3 Å². The van der Waals surface area contributed by atoms with Gasteiger partial charge in [-0.05, 0) is 34.9 Å². The predicted octanol–water partition coefficient (Wildman–Crippen LogP) is 3.67. The summed E-state index contributed by atoms with van der Waals surface area (Å²) < 4.78 is 2.25. The zero-order chi connectivity index (χ0) is 12.7. The van der Waals surface area contributed by atoms with E-state index in [0.717, 1.165) is 0 Å². The van der Waals surface area contributed by atoms with E-state index in [4.69, 9.17) is 5.73 Å². The third-order valence-electron chi connectivity index (χ3n) is 3.63. The highest BCUT2D eigenvalue weighted by Crippen LogP contribution is 2.37. The number of benzene rings is 1. The van der Waals surface area contributed by atoms with Crippen LogP contribution in [0.25, 0.3) is 22.0 Å². The number of thiophene rings is 1. The van der Waals surface area contributed by atoms with Crippen LogP contribution in [0.2, 0.25) is 0 Å². The number of fused-ring (bicyclic) bond motifs is 1. The molecule has 2 aromatic heterocycles. The molecular weight excluding hydrogens is 240 g/mol. The molecule has 0 bridgehead atoms. The van der Waals surface area contributed by atoms with Gasteiger partial charge in [0.15, 0.2) is 0 Å². The van der Waals surface area contributed by atoms with Crippen molar-refractivity contribution >= 4 is 22.2 Å². The summed E-state index contributed by atoms with van der Waals surface area (Å²) in [5, 5.41) is 5.67. The van der Waals surface area contributed by atoms with Gasteiger partial charge in [-0.25, -0.2) is 0 Å². The number of aromatic nitrogens is 1. The first kappa shape index (κ1) is 11.5. The molecule has 2 nitrogen and oxygen atoms in total. The van der Waals surface area contributed by atoms with Crippen LogP contribution in [-0.4, -0.2) is 4.57 Å². The van der Waals surface area contributed by atoms with Gasteiger partial charge in [-0.3, -0.25) is 0 Å². The third-order valence-corrected chi connectivity index (χ3v) is 4.42. The molecule has 0 aliphatic heterocycles. The molecule has 0 spiro atoms. The molecule has 3 heteroatoms. The molecule has 0 amide bonds. The number of nitrogens with zero attached hydrogens (tertiary/aromatic N) is 1. The van der Waals surface area contributed by atoms with Crippen molar-refractivity contribution in [1.82, 2.24) is 4.57 Å². The van der Waals surface area contributed by atoms with Gasteiger partial charge >= 0.3 is 0 Å². The molecule has 0 saturated carbocycles. The van der Waals surface area contributed by atoms with Gasteiger partial charge in [-0.15, -0.1) is 0 Å². The van der Waals surface area contributed by atoms with E-state index < -0.39 is 0 Å². The number of rotatable bonds is 2. The minimum Gasteiger partial charge on any atom is -0.347 e. The minimum atomic E-state index is 0.599. The summed E-state index contributed by atoms with van der Waals surface area (Å²) >= 11 is 1.72. The van der Waals surface area contributed by atoms with Gasteiger partial charge in [0.05, 0.1) is 0 Å².